The lowest BCUT2D eigenvalue weighted by atomic mass is 10.1. The van der Waals surface area contributed by atoms with Crippen LogP contribution in [0.25, 0.3) is 0 Å². The summed E-state index contributed by atoms with van der Waals surface area (Å²) in [6, 6.07) is -1.31. The van der Waals surface area contributed by atoms with Gasteiger partial charge in [0, 0.05) is 6.92 Å². The number of β-amino-alcohol motifs (C(OH)–C–C–N with tert-alkyl or cyclic N) is 1. The molecule has 3 atom stereocenters. The van der Waals surface area contributed by atoms with Crippen molar-refractivity contribution in [3.63, 3.8) is 0 Å². The van der Waals surface area contributed by atoms with E-state index in [4.69, 9.17) is 5.11 Å². The number of amides is 1. The zero-order valence-corrected chi connectivity index (χ0v) is 7.94. The molecule has 0 unspecified atom stereocenters. The van der Waals surface area contributed by atoms with Crippen molar-refractivity contribution in [2.24, 2.45) is 0 Å². The summed E-state index contributed by atoms with van der Waals surface area (Å²) in [7, 11) is 1.11. The van der Waals surface area contributed by atoms with E-state index >= 15 is 0 Å². The molecule has 5 nitrogen and oxygen atoms in total. The minimum absolute atomic E-state index is 0.170. The maximum absolute atomic E-state index is 13.3. The molecule has 0 aromatic heterocycles. The molecular weight excluding hydrogens is 193 g/mol. The Morgan fingerprint density at radius 1 is 1.57 bits per heavy atom. The van der Waals surface area contributed by atoms with Crippen LogP contribution in [0.4, 0.5) is 4.39 Å². The average molecular weight is 205 g/mol. The van der Waals surface area contributed by atoms with Crippen LogP contribution < -0.4 is 0 Å². The molecule has 1 aliphatic heterocycles. The van der Waals surface area contributed by atoms with Crippen LogP contribution in [0.15, 0.2) is 0 Å². The predicted molar refractivity (Wildman–Crippen MR) is 44.1 cm³/mol. The highest BCUT2D eigenvalue weighted by atomic mass is 19.1. The molecule has 14 heavy (non-hydrogen) atoms. The highest BCUT2D eigenvalue weighted by Crippen LogP contribution is 2.22. The fourth-order valence-electron chi connectivity index (χ4n) is 1.50. The van der Waals surface area contributed by atoms with Gasteiger partial charge in [0.1, 0.15) is 6.10 Å². The number of halogens is 1. The van der Waals surface area contributed by atoms with E-state index in [9.17, 15) is 14.0 Å². The van der Waals surface area contributed by atoms with Gasteiger partial charge in [-0.05, 0) is 0 Å². The Balaban J connectivity index is 2.86. The lowest BCUT2D eigenvalue weighted by Gasteiger charge is -2.20. The first-order valence-corrected chi connectivity index (χ1v) is 4.16. The SMILES string of the molecule is COC(=O)[C@@H]1[C@@H](F)[C@@H](O)CN1C(C)=O. The molecule has 0 radical (unpaired) electrons. The maximum Gasteiger partial charge on any atom is 0.331 e. The molecule has 0 aromatic rings. The largest absolute Gasteiger partial charge is 0.467 e. The Bertz CT molecular complexity index is 258. The van der Waals surface area contributed by atoms with Crippen molar-refractivity contribution in [3.8, 4) is 0 Å². The third kappa shape index (κ3) is 1.70. The minimum atomic E-state index is -1.77. The number of aliphatic hydroxyl groups excluding tert-OH is 1. The second kappa shape index (κ2) is 3.91. The molecule has 1 saturated heterocycles. The predicted octanol–water partition coefficient (Wildman–Crippen LogP) is -0.911. The van der Waals surface area contributed by atoms with Gasteiger partial charge in [-0.15, -0.1) is 0 Å². The van der Waals surface area contributed by atoms with Crippen LogP contribution in [0.5, 0.6) is 0 Å². The summed E-state index contributed by atoms with van der Waals surface area (Å²) in [5.41, 5.74) is 0. The Morgan fingerprint density at radius 2 is 2.14 bits per heavy atom. The number of likely N-dealkylation sites (tertiary alicyclic amines) is 1. The highest BCUT2D eigenvalue weighted by molar-refractivity contribution is 5.84. The van der Waals surface area contributed by atoms with E-state index in [1.54, 1.807) is 0 Å². The molecule has 1 N–H and O–H groups in total. The number of carbonyl (C=O) groups excluding carboxylic acids is 2. The van der Waals surface area contributed by atoms with Crippen LogP contribution in [-0.4, -0.2) is 53.9 Å². The third-order valence-corrected chi connectivity index (χ3v) is 2.24. The third-order valence-electron chi connectivity index (χ3n) is 2.24. The van der Waals surface area contributed by atoms with Crippen molar-refractivity contribution in [1.82, 2.24) is 4.90 Å². The van der Waals surface area contributed by atoms with Crippen molar-refractivity contribution in [2.75, 3.05) is 13.7 Å². The van der Waals surface area contributed by atoms with E-state index in [0.29, 0.717) is 0 Å². The van der Waals surface area contributed by atoms with E-state index < -0.39 is 30.2 Å². The summed E-state index contributed by atoms with van der Waals surface area (Å²) in [6.07, 6.45) is -3.09. The van der Waals surface area contributed by atoms with Gasteiger partial charge in [-0.25, -0.2) is 9.18 Å². The van der Waals surface area contributed by atoms with E-state index in [0.717, 1.165) is 12.0 Å². The van der Waals surface area contributed by atoms with Gasteiger partial charge >= 0.3 is 5.97 Å². The van der Waals surface area contributed by atoms with Crippen molar-refractivity contribution in [3.05, 3.63) is 0 Å². The molecule has 0 aromatic carbocycles. The first-order chi connectivity index (χ1) is 6.49. The van der Waals surface area contributed by atoms with Crippen LogP contribution >= 0.6 is 0 Å². The molecule has 0 spiro atoms. The number of nitrogens with zero attached hydrogens (tertiary/aromatic N) is 1. The number of rotatable bonds is 1. The van der Waals surface area contributed by atoms with E-state index in [2.05, 4.69) is 4.74 Å². The van der Waals surface area contributed by atoms with Gasteiger partial charge in [-0.1, -0.05) is 0 Å². The molecule has 1 fully saturated rings. The molecule has 6 heteroatoms. The Labute approximate surface area is 80.4 Å². The Morgan fingerprint density at radius 3 is 2.57 bits per heavy atom. The Hall–Kier alpha value is -1.17. The van der Waals surface area contributed by atoms with E-state index in [-0.39, 0.29) is 6.54 Å². The van der Waals surface area contributed by atoms with Crippen LogP contribution in [0.1, 0.15) is 6.92 Å². The summed E-state index contributed by atoms with van der Waals surface area (Å²) in [5.74, 6) is -1.30. The normalized spacial score (nSPS) is 31.7. The monoisotopic (exact) mass is 205 g/mol. The molecular formula is C8H12FNO4. The zero-order valence-electron chi connectivity index (χ0n) is 7.94. The number of hydrogen-bond donors (Lipinski definition) is 1. The summed E-state index contributed by atoms with van der Waals surface area (Å²) in [5, 5.41) is 9.16. The molecule has 0 saturated carbocycles. The molecule has 1 rings (SSSR count). The second-order valence-electron chi connectivity index (χ2n) is 3.15. The van der Waals surface area contributed by atoms with Crippen LogP contribution in [0.2, 0.25) is 0 Å². The van der Waals surface area contributed by atoms with Crippen molar-refractivity contribution in [2.45, 2.75) is 25.2 Å². The highest BCUT2D eigenvalue weighted by Gasteiger charge is 2.47. The standard InChI is InChI=1S/C8H12FNO4/c1-4(11)10-3-5(12)6(9)7(10)8(13)14-2/h5-7,12H,3H2,1-2H3/t5-,6-,7-/m0/s1. The first kappa shape index (κ1) is 10.9. The lowest BCUT2D eigenvalue weighted by molar-refractivity contribution is -0.152. The van der Waals surface area contributed by atoms with Gasteiger partial charge in [0.05, 0.1) is 13.7 Å². The fourth-order valence-corrected chi connectivity index (χ4v) is 1.50. The summed E-state index contributed by atoms with van der Waals surface area (Å²) in [4.78, 5) is 23.1. The number of aliphatic hydroxyl groups is 1. The topological polar surface area (TPSA) is 66.8 Å². The summed E-state index contributed by atoms with van der Waals surface area (Å²) < 4.78 is 17.6. The number of alkyl halides is 1. The van der Waals surface area contributed by atoms with Gasteiger partial charge in [0.15, 0.2) is 12.2 Å². The van der Waals surface area contributed by atoms with Gasteiger partial charge in [0.2, 0.25) is 5.91 Å². The average Bonchev–Trinajstić information content (AvgIpc) is 2.43. The number of carbonyl (C=O) groups is 2. The van der Waals surface area contributed by atoms with Crippen LogP contribution in [0.3, 0.4) is 0 Å². The van der Waals surface area contributed by atoms with Crippen LogP contribution in [-0.2, 0) is 14.3 Å². The quantitative estimate of drug-likeness (QED) is 0.563. The molecule has 1 amide bonds. The van der Waals surface area contributed by atoms with Crippen molar-refractivity contribution in [1.29, 1.82) is 0 Å². The zero-order chi connectivity index (χ0) is 10.9. The fraction of sp³-hybridized carbons (Fsp3) is 0.750. The minimum Gasteiger partial charge on any atom is -0.467 e. The smallest absolute Gasteiger partial charge is 0.331 e. The molecule has 80 valence electrons. The molecule has 0 bridgehead atoms. The number of esters is 1. The number of hydrogen-bond acceptors (Lipinski definition) is 4. The van der Waals surface area contributed by atoms with Crippen LogP contribution in [0, 0.1) is 0 Å². The maximum atomic E-state index is 13.3. The van der Waals surface area contributed by atoms with E-state index in [1.165, 1.54) is 6.92 Å². The summed E-state index contributed by atoms with van der Waals surface area (Å²) >= 11 is 0. The van der Waals surface area contributed by atoms with Gasteiger partial charge < -0.3 is 14.7 Å². The number of methoxy groups -OCH3 is 1. The van der Waals surface area contributed by atoms with E-state index in [1.807, 2.05) is 0 Å². The lowest BCUT2D eigenvalue weighted by Crippen LogP contribution is -2.43. The molecule has 0 aliphatic carbocycles. The number of ether oxygens (including phenoxy) is 1. The molecule has 1 aliphatic rings. The Kier molecular flexibility index (Phi) is 3.05. The van der Waals surface area contributed by atoms with Crippen molar-refractivity contribution >= 4 is 11.9 Å². The van der Waals surface area contributed by atoms with Gasteiger partial charge in [0.25, 0.3) is 0 Å². The van der Waals surface area contributed by atoms with Gasteiger partial charge in [-0.2, -0.15) is 0 Å². The van der Waals surface area contributed by atoms with Crippen molar-refractivity contribution < 1.29 is 23.8 Å². The first-order valence-electron chi connectivity index (χ1n) is 4.16. The second-order valence-corrected chi connectivity index (χ2v) is 3.15. The van der Waals surface area contributed by atoms with Gasteiger partial charge in [-0.3, -0.25) is 4.79 Å². The molecule has 1 heterocycles. The summed E-state index contributed by atoms with van der Waals surface area (Å²) in [6.45, 7) is 1.04.